The third kappa shape index (κ3) is 0.120. The molecule has 0 N–H and O–H groups in total. The van der Waals surface area contributed by atoms with Crippen LogP contribution in [0.4, 0.5) is 0 Å². The first-order valence-electron chi connectivity index (χ1n) is 4.22. The van der Waals surface area contributed by atoms with Crippen molar-refractivity contribution < 1.29 is 0 Å². The minimum absolute atomic E-state index is 0.907. The molecule has 0 nitrogen and oxygen atoms in total. The van der Waals surface area contributed by atoms with E-state index in [4.69, 9.17) is 0 Å². The van der Waals surface area contributed by atoms with Crippen molar-refractivity contribution in [1.82, 2.24) is 0 Å². The van der Waals surface area contributed by atoms with Gasteiger partial charge in [-0.3, -0.25) is 0 Å². The molecule has 0 aromatic heterocycles. The van der Waals surface area contributed by atoms with Crippen molar-refractivity contribution in [3.8, 4) is 0 Å². The van der Waals surface area contributed by atoms with Crippen LogP contribution in [0.15, 0.2) is 0 Å². The maximum Gasteiger partial charge on any atom is -0.0113 e. The van der Waals surface area contributed by atoms with Gasteiger partial charge in [-0.1, -0.05) is 13.8 Å². The highest BCUT2D eigenvalue weighted by atomic mass is 15.2. The fourth-order valence-corrected chi connectivity index (χ4v) is 5.31. The summed E-state index contributed by atoms with van der Waals surface area (Å²) >= 11 is 0. The van der Waals surface area contributed by atoms with E-state index in [1.165, 1.54) is 5.92 Å². The van der Waals surface area contributed by atoms with Gasteiger partial charge in [0.1, 0.15) is 0 Å². The Hall–Kier alpha value is 0. The Kier molecular flexibility index (Phi) is 0.258. The lowest BCUT2D eigenvalue weighted by Crippen LogP contribution is -2.33. The fraction of sp³-hybridized carbons (Fsp3) is 1.00. The molecule has 5 unspecified atom stereocenters. The lowest BCUT2D eigenvalue weighted by Gasteiger charge is -2.40. The normalized spacial score (nSPS) is 94.0. The third-order valence-electron chi connectivity index (χ3n) is 5.49. The van der Waals surface area contributed by atoms with Crippen molar-refractivity contribution in [3.05, 3.63) is 0 Å². The molecule has 4 aliphatic rings. The summed E-state index contributed by atoms with van der Waals surface area (Å²) in [4.78, 5) is 0. The zero-order valence-electron chi connectivity index (χ0n) is 6.07. The first-order chi connectivity index (χ1) is 4.22. The first-order valence-corrected chi connectivity index (χ1v) is 4.22. The summed E-state index contributed by atoms with van der Waals surface area (Å²) in [5, 5.41) is 0. The maximum absolute atomic E-state index is 2.52. The number of hydrogen-bond acceptors (Lipinski definition) is 0. The Morgan fingerprint density at radius 2 is 2.11 bits per heavy atom. The summed E-state index contributed by atoms with van der Waals surface area (Å²) in [6, 6.07) is 0. The Labute approximate surface area is 55.6 Å². The van der Waals surface area contributed by atoms with Crippen LogP contribution in [0.5, 0.6) is 0 Å². The monoisotopic (exact) mass is 120 g/mol. The smallest absolute Gasteiger partial charge is 0.0113 e. The molecule has 0 radical (unpaired) electrons. The van der Waals surface area contributed by atoms with E-state index in [-0.39, 0.29) is 0 Å². The molecule has 0 aromatic rings. The van der Waals surface area contributed by atoms with Gasteiger partial charge in [0, 0.05) is 0 Å². The molecule has 4 aliphatic carbocycles. The summed E-state index contributed by atoms with van der Waals surface area (Å²) in [5.41, 5.74) is 2.89. The summed E-state index contributed by atoms with van der Waals surface area (Å²) in [5.74, 6) is 2.36. The zero-order chi connectivity index (χ0) is 6.07. The van der Waals surface area contributed by atoms with Crippen LogP contribution in [0, 0.1) is 28.1 Å². The lowest BCUT2D eigenvalue weighted by atomic mass is 9.64. The van der Waals surface area contributed by atoms with Gasteiger partial charge in [0.25, 0.3) is 0 Å². The molecular formula is C9H12. The highest BCUT2D eigenvalue weighted by Crippen LogP contribution is 3.21. The minimum atomic E-state index is 0.907. The number of hydrogen-bond donors (Lipinski definition) is 0. The van der Waals surface area contributed by atoms with Gasteiger partial charge >= 0.3 is 0 Å². The maximum atomic E-state index is 2.52. The molecule has 2 spiro atoms. The van der Waals surface area contributed by atoms with Gasteiger partial charge in [-0.15, -0.1) is 0 Å². The summed E-state index contributed by atoms with van der Waals surface area (Å²) < 4.78 is 0. The Bertz CT molecular complexity index is 238. The molecule has 5 atom stereocenters. The highest BCUT2D eigenvalue weighted by Gasteiger charge is 3.16. The molecule has 0 heterocycles. The molecule has 48 valence electrons. The SMILES string of the molecule is CC1CC2(C)C34CC3C124. The molecule has 0 saturated heterocycles. The van der Waals surface area contributed by atoms with Gasteiger partial charge in [0.05, 0.1) is 0 Å². The van der Waals surface area contributed by atoms with Crippen molar-refractivity contribution >= 4 is 0 Å². The molecule has 4 rings (SSSR count). The molecule has 0 aromatic carbocycles. The van der Waals surface area contributed by atoms with Gasteiger partial charge in [-0.25, -0.2) is 0 Å². The quantitative estimate of drug-likeness (QED) is 0.459. The summed E-state index contributed by atoms with van der Waals surface area (Å²) in [7, 11) is 0. The van der Waals surface area contributed by atoms with E-state index in [1.807, 2.05) is 0 Å². The predicted molar refractivity (Wildman–Crippen MR) is 34.9 cm³/mol. The van der Waals surface area contributed by atoms with Crippen LogP contribution in [0.2, 0.25) is 0 Å². The van der Waals surface area contributed by atoms with E-state index < -0.39 is 0 Å². The zero-order valence-corrected chi connectivity index (χ0v) is 6.07. The van der Waals surface area contributed by atoms with Crippen LogP contribution >= 0.6 is 0 Å². The van der Waals surface area contributed by atoms with Crippen LogP contribution in [0.1, 0.15) is 26.7 Å². The van der Waals surface area contributed by atoms with E-state index in [0.29, 0.717) is 0 Å². The van der Waals surface area contributed by atoms with E-state index >= 15 is 0 Å². The van der Waals surface area contributed by atoms with E-state index in [1.54, 1.807) is 12.8 Å². The average molecular weight is 120 g/mol. The average Bonchev–Trinajstić information content (AvgIpc) is 2.47. The molecule has 0 bridgehead atoms. The molecular weight excluding hydrogens is 108 g/mol. The molecule has 4 saturated carbocycles. The van der Waals surface area contributed by atoms with Crippen LogP contribution < -0.4 is 0 Å². The van der Waals surface area contributed by atoms with Gasteiger partial charge in [-0.05, 0) is 40.9 Å². The second kappa shape index (κ2) is 0.580. The standard InChI is InChI=1S/C9H12/c1-5-3-7(2)8-4-6(8)9(5,7)8/h5-6H,3-4H2,1-2H3. The van der Waals surface area contributed by atoms with Gasteiger partial charge in [-0.2, -0.15) is 0 Å². The highest BCUT2D eigenvalue weighted by molar-refractivity contribution is 5.63. The minimum Gasteiger partial charge on any atom is -0.0619 e. The third-order valence-corrected chi connectivity index (χ3v) is 5.49. The van der Waals surface area contributed by atoms with Crippen molar-refractivity contribution in [2.45, 2.75) is 26.7 Å². The molecule has 4 fully saturated rings. The molecule has 0 amide bonds. The van der Waals surface area contributed by atoms with Gasteiger partial charge in [0.15, 0.2) is 0 Å². The molecule has 0 heteroatoms. The summed E-state index contributed by atoms with van der Waals surface area (Å²) in [6.45, 7) is 4.99. The summed E-state index contributed by atoms with van der Waals surface area (Å²) in [6.07, 6.45) is 3.18. The van der Waals surface area contributed by atoms with Crippen molar-refractivity contribution in [3.63, 3.8) is 0 Å². The van der Waals surface area contributed by atoms with Crippen molar-refractivity contribution in [2.24, 2.45) is 28.1 Å². The Morgan fingerprint density at radius 3 is 2.22 bits per heavy atom. The second-order valence-corrected chi connectivity index (χ2v) is 5.03. The van der Waals surface area contributed by atoms with Crippen LogP contribution in [0.25, 0.3) is 0 Å². The molecule has 9 heavy (non-hydrogen) atoms. The van der Waals surface area contributed by atoms with E-state index in [0.717, 1.165) is 22.2 Å². The van der Waals surface area contributed by atoms with Crippen LogP contribution in [0.3, 0.4) is 0 Å². The largest absolute Gasteiger partial charge is 0.0619 e. The lowest BCUT2D eigenvalue weighted by molar-refractivity contribution is 0.0828. The van der Waals surface area contributed by atoms with Crippen LogP contribution in [-0.2, 0) is 0 Å². The van der Waals surface area contributed by atoms with Gasteiger partial charge in [0.2, 0.25) is 0 Å². The molecule has 0 aliphatic heterocycles. The predicted octanol–water partition coefficient (Wildman–Crippen LogP) is 2.05. The van der Waals surface area contributed by atoms with Crippen molar-refractivity contribution in [1.29, 1.82) is 0 Å². The second-order valence-electron chi connectivity index (χ2n) is 5.03. The topological polar surface area (TPSA) is 0 Å². The van der Waals surface area contributed by atoms with E-state index in [9.17, 15) is 0 Å². The first kappa shape index (κ1) is 4.00. The van der Waals surface area contributed by atoms with E-state index in [2.05, 4.69) is 13.8 Å². The number of rotatable bonds is 0. The van der Waals surface area contributed by atoms with Crippen LogP contribution in [-0.4, -0.2) is 0 Å². The fourth-order valence-electron chi connectivity index (χ4n) is 5.31. The van der Waals surface area contributed by atoms with Crippen molar-refractivity contribution in [2.75, 3.05) is 0 Å². The van der Waals surface area contributed by atoms with Gasteiger partial charge < -0.3 is 0 Å². The Balaban J connectivity index is 1.98. The Morgan fingerprint density at radius 1 is 1.33 bits per heavy atom.